The molecule has 5 heteroatoms. The van der Waals surface area contributed by atoms with Crippen molar-refractivity contribution < 1.29 is 9.84 Å². The number of phenols is 1. The van der Waals surface area contributed by atoms with Gasteiger partial charge in [0.2, 0.25) is 0 Å². The summed E-state index contributed by atoms with van der Waals surface area (Å²) in [5, 5.41) is 18.9. The van der Waals surface area contributed by atoms with Crippen LogP contribution in [0, 0.1) is 18.3 Å². The average Bonchev–Trinajstić information content (AvgIpc) is 2.41. The molecule has 96 valence electrons. The van der Waals surface area contributed by atoms with Crippen LogP contribution in [0.4, 0.5) is 0 Å². The number of H-pyrrole nitrogens is 1. The minimum atomic E-state index is -0.446. The lowest BCUT2D eigenvalue weighted by Crippen LogP contribution is -2.12. The summed E-state index contributed by atoms with van der Waals surface area (Å²) >= 11 is 0. The van der Waals surface area contributed by atoms with Gasteiger partial charge in [-0.1, -0.05) is 6.07 Å². The average molecular weight is 256 g/mol. The largest absolute Gasteiger partial charge is 0.504 e. The molecule has 0 aliphatic heterocycles. The number of rotatable bonds is 2. The molecule has 1 heterocycles. The van der Waals surface area contributed by atoms with E-state index in [1.54, 1.807) is 25.3 Å². The molecule has 0 bridgehead atoms. The first-order valence-electron chi connectivity index (χ1n) is 5.58. The molecule has 0 spiro atoms. The molecule has 0 saturated carbocycles. The number of pyridine rings is 1. The van der Waals surface area contributed by atoms with Crippen LogP contribution >= 0.6 is 0 Å². The Labute approximate surface area is 109 Å². The van der Waals surface area contributed by atoms with E-state index >= 15 is 0 Å². The number of ether oxygens (including phenoxy) is 1. The maximum absolute atomic E-state index is 11.6. The van der Waals surface area contributed by atoms with Gasteiger partial charge in [0.25, 0.3) is 5.56 Å². The molecule has 2 aromatic rings. The van der Waals surface area contributed by atoms with Crippen molar-refractivity contribution in [2.24, 2.45) is 0 Å². The monoisotopic (exact) mass is 256 g/mol. The fourth-order valence-corrected chi connectivity index (χ4v) is 1.95. The van der Waals surface area contributed by atoms with Gasteiger partial charge >= 0.3 is 0 Å². The second-order valence-corrected chi connectivity index (χ2v) is 4.05. The Bertz CT molecular complexity index is 726. The third-order valence-corrected chi connectivity index (χ3v) is 2.87. The number of nitrogens with zero attached hydrogens (tertiary/aromatic N) is 1. The zero-order chi connectivity index (χ0) is 14.0. The van der Waals surface area contributed by atoms with Gasteiger partial charge in [-0.3, -0.25) is 4.79 Å². The van der Waals surface area contributed by atoms with Crippen LogP contribution in [0.5, 0.6) is 11.5 Å². The molecular formula is C14H12N2O3. The summed E-state index contributed by atoms with van der Waals surface area (Å²) in [7, 11) is 1.45. The van der Waals surface area contributed by atoms with E-state index in [-0.39, 0.29) is 11.3 Å². The number of aromatic amines is 1. The van der Waals surface area contributed by atoms with Gasteiger partial charge < -0.3 is 14.8 Å². The highest BCUT2D eigenvalue weighted by Crippen LogP contribution is 2.33. The van der Waals surface area contributed by atoms with Crippen molar-refractivity contribution in [3.05, 3.63) is 45.9 Å². The summed E-state index contributed by atoms with van der Waals surface area (Å²) in [6.07, 6.45) is 1.54. The molecule has 19 heavy (non-hydrogen) atoms. The van der Waals surface area contributed by atoms with E-state index < -0.39 is 5.56 Å². The topological polar surface area (TPSA) is 86.1 Å². The molecule has 0 amide bonds. The number of hydrogen-bond acceptors (Lipinski definition) is 4. The second-order valence-electron chi connectivity index (χ2n) is 4.05. The highest BCUT2D eigenvalue weighted by atomic mass is 16.5. The summed E-state index contributed by atoms with van der Waals surface area (Å²) in [6, 6.07) is 6.65. The molecule has 1 aromatic carbocycles. The molecule has 0 aliphatic carbocycles. The van der Waals surface area contributed by atoms with Crippen LogP contribution in [0.15, 0.2) is 29.2 Å². The predicted octanol–water partition coefficient (Wildman–Crippen LogP) is 1.94. The third-order valence-electron chi connectivity index (χ3n) is 2.87. The molecular weight excluding hydrogens is 244 g/mol. The quantitative estimate of drug-likeness (QED) is 0.859. The Morgan fingerprint density at radius 2 is 2.16 bits per heavy atom. The maximum atomic E-state index is 11.6. The molecule has 0 atom stereocenters. The first kappa shape index (κ1) is 12.7. The van der Waals surface area contributed by atoms with E-state index in [0.29, 0.717) is 16.9 Å². The molecule has 0 radical (unpaired) electrons. The van der Waals surface area contributed by atoms with Crippen LogP contribution in [0.25, 0.3) is 11.1 Å². The summed E-state index contributed by atoms with van der Waals surface area (Å²) in [5.74, 6) is 0.299. The molecule has 0 fully saturated rings. The molecule has 0 aliphatic rings. The van der Waals surface area contributed by atoms with Gasteiger partial charge in [0.15, 0.2) is 11.5 Å². The third kappa shape index (κ3) is 2.16. The van der Waals surface area contributed by atoms with Crippen molar-refractivity contribution >= 4 is 0 Å². The number of benzene rings is 1. The van der Waals surface area contributed by atoms with Crippen LogP contribution < -0.4 is 10.3 Å². The lowest BCUT2D eigenvalue weighted by molar-refractivity contribution is 0.373. The van der Waals surface area contributed by atoms with E-state index in [0.717, 1.165) is 5.56 Å². The van der Waals surface area contributed by atoms with Gasteiger partial charge in [0, 0.05) is 11.8 Å². The molecule has 1 aromatic heterocycles. The number of methoxy groups -OCH3 is 1. The van der Waals surface area contributed by atoms with Crippen molar-refractivity contribution in [3.63, 3.8) is 0 Å². The SMILES string of the molecule is COc1ccc(-c2c(C)c[nH]c(=O)c2C#N)cc1O. The molecule has 2 rings (SSSR count). The van der Waals surface area contributed by atoms with E-state index in [1.165, 1.54) is 13.2 Å². The Morgan fingerprint density at radius 1 is 1.42 bits per heavy atom. The number of aromatic nitrogens is 1. The van der Waals surface area contributed by atoms with Crippen molar-refractivity contribution in [1.29, 1.82) is 5.26 Å². The molecule has 0 saturated heterocycles. The number of aromatic hydroxyl groups is 1. The fourth-order valence-electron chi connectivity index (χ4n) is 1.95. The lowest BCUT2D eigenvalue weighted by Gasteiger charge is -2.09. The van der Waals surface area contributed by atoms with Crippen LogP contribution in [0.3, 0.4) is 0 Å². The Hall–Kier alpha value is -2.74. The van der Waals surface area contributed by atoms with Crippen LogP contribution in [-0.4, -0.2) is 17.2 Å². The van der Waals surface area contributed by atoms with Crippen molar-refractivity contribution in [3.8, 4) is 28.7 Å². The fraction of sp³-hybridized carbons (Fsp3) is 0.143. The van der Waals surface area contributed by atoms with Crippen LogP contribution in [-0.2, 0) is 0 Å². The van der Waals surface area contributed by atoms with Crippen molar-refractivity contribution in [1.82, 2.24) is 4.98 Å². The van der Waals surface area contributed by atoms with Gasteiger partial charge in [-0.2, -0.15) is 5.26 Å². The standard InChI is InChI=1S/C14H12N2O3/c1-8-7-16-14(18)10(6-15)13(8)9-3-4-12(19-2)11(17)5-9/h3-5,7,17H,1-2H3,(H,16,18). The van der Waals surface area contributed by atoms with E-state index in [2.05, 4.69) is 4.98 Å². The summed E-state index contributed by atoms with van der Waals surface area (Å²) in [5.41, 5.74) is 1.45. The highest BCUT2D eigenvalue weighted by Gasteiger charge is 2.13. The number of phenolic OH excluding ortho intramolecular Hbond substituents is 1. The predicted molar refractivity (Wildman–Crippen MR) is 70.2 cm³/mol. The number of hydrogen-bond donors (Lipinski definition) is 2. The van der Waals surface area contributed by atoms with E-state index in [1.807, 2.05) is 6.07 Å². The second kappa shape index (κ2) is 4.86. The number of nitriles is 1. The van der Waals surface area contributed by atoms with Crippen LogP contribution in [0.2, 0.25) is 0 Å². The minimum absolute atomic E-state index is 0.0320. The molecule has 0 unspecified atom stereocenters. The van der Waals surface area contributed by atoms with Crippen molar-refractivity contribution in [2.45, 2.75) is 6.92 Å². The lowest BCUT2D eigenvalue weighted by atomic mass is 9.97. The Kier molecular flexibility index (Phi) is 3.25. The first-order chi connectivity index (χ1) is 9.08. The van der Waals surface area contributed by atoms with Gasteiger partial charge in [0.05, 0.1) is 7.11 Å². The van der Waals surface area contributed by atoms with Crippen molar-refractivity contribution in [2.75, 3.05) is 7.11 Å². The van der Waals surface area contributed by atoms with Crippen LogP contribution in [0.1, 0.15) is 11.1 Å². The zero-order valence-electron chi connectivity index (χ0n) is 10.5. The smallest absolute Gasteiger partial charge is 0.266 e. The summed E-state index contributed by atoms with van der Waals surface area (Å²) < 4.78 is 4.96. The van der Waals surface area contributed by atoms with Gasteiger partial charge in [-0.15, -0.1) is 0 Å². The van der Waals surface area contributed by atoms with Gasteiger partial charge in [-0.05, 0) is 30.2 Å². The summed E-state index contributed by atoms with van der Waals surface area (Å²) in [6.45, 7) is 1.79. The number of aryl methyl sites for hydroxylation is 1. The van der Waals surface area contributed by atoms with E-state index in [9.17, 15) is 9.90 Å². The van der Waals surface area contributed by atoms with E-state index in [4.69, 9.17) is 10.00 Å². The molecule has 2 N–H and O–H groups in total. The van der Waals surface area contributed by atoms with Gasteiger partial charge in [-0.25, -0.2) is 0 Å². The normalized spacial score (nSPS) is 9.95. The zero-order valence-corrected chi connectivity index (χ0v) is 10.5. The summed E-state index contributed by atoms with van der Waals surface area (Å²) in [4.78, 5) is 14.1. The van der Waals surface area contributed by atoms with Gasteiger partial charge in [0.1, 0.15) is 11.6 Å². The maximum Gasteiger partial charge on any atom is 0.266 e. The Balaban J connectivity index is 2.73. The molecule has 5 nitrogen and oxygen atoms in total. The minimum Gasteiger partial charge on any atom is -0.504 e. The highest BCUT2D eigenvalue weighted by molar-refractivity contribution is 5.74. The Morgan fingerprint density at radius 3 is 2.74 bits per heavy atom. The first-order valence-corrected chi connectivity index (χ1v) is 5.58. The number of nitrogens with one attached hydrogen (secondary N) is 1.